The van der Waals surface area contributed by atoms with Crippen LogP contribution >= 0.6 is 0 Å². The molecule has 19 heavy (non-hydrogen) atoms. The Balaban J connectivity index is 2.28. The quantitative estimate of drug-likeness (QED) is 0.315. The standard InChI is InChI=1S/C10H13N3O6/c1-4(14)17-8-6-3-16-10(19-6)7(12-13-11)9(8)18-5(2)15/h6-10H,3H2,1-2H3/t6-,7-,8-,9-,10-/m1/s1. The van der Waals surface area contributed by atoms with Gasteiger partial charge >= 0.3 is 11.9 Å². The molecule has 5 atom stereocenters. The van der Waals surface area contributed by atoms with Crippen LogP contribution in [0.15, 0.2) is 5.11 Å². The van der Waals surface area contributed by atoms with Crippen LogP contribution in [-0.4, -0.2) is 49.2 Å². The average Bonchev–Trinajstić information content (AvgIpc) is 2.74. The molecule has 0 spiro atoms. The van der Waals surface area contributed by atoms with Crippen molar-refractivity contribution >= 4 is 11.9 Å². The lowest BCUT2D eigenvalue weighted by atomic mass is 9.99. The number of fused-ring (bicyclic) bond motifs is 2. The molecule has 2 bridgehead atoms. The van der Waals surface area contributed by atoms with Gasteiger partial charge in [-0.15, -0.1) is 0 Å². The zero-order valence-corrected chi connectivity index (χ0v) is 10.4. The Morgan fingerprint density at radius 2 is 1.89 bits per heavy atom. The summed E-state index contributed by atoms with van der Waals surface area (Å²) in [6, 6.07) is -0.892. The molecule has 104 valence electrons. The molecule has 2 aliphatic rings. The van der Waals surface area contributed by atoms with Gasteiger partial charge in [-0.1, -0.05) is 5.11 Å². The first-order chi connectivity index (χ1) is 9.02. The van der Waals surface area contributed by atoms with Gasteiger partial charge in [0.25, 0.3) is 0 Å². The fourth-order valence-corrected chi connectivity index (χ4v) is 2.20. The van der Waals surface area contributed by atoms with Crippen LogP contribution in [-0.2, 0) is 28.5 Å². The summed E-state index contributed by atoms with van der Waals surface area (Å²) in [6.45, 7) is 2.63. The lowest BCUT2D eigenvalue weighted by Gasteiger charge is -2.37. The zero-order chi connectivity index (χ0) is 14.0. The molecule has 0 unspecified atom stereocenters. The van der Waals surface area contributed by atoms with E-state index in [2.05, 4.69) is 10.0 Å². The topological polar surface area (TPSA) is 120 Å². The summed E-state index contributed by atoms with van der Waals surface area (Å²) in [4.78, 5) is 24.9. The van der Waals surface area contributed by atoms with E-state index in [0.29, 0.717) is 0 Å². The van der Waals surface area contributed by atoms with Crippen LogP contribution in [0.25, 0.3) is 10.4 Å². The molecule has 2 aliphatic heterocycles. The molecule has 2 fully saturated rings. The van der Waals surface area contributed by atoms with Crippen molar-refractivity contribution in [2.24, 2.45) is 5.11 Å². The van der Waals surface area contributed by atoms with E-state index in [9.17, 15) is 9.59 Å². The Morgan fingerprint density at radius 3 is 2.47 bits per heavy atom. The molecule has 2 rings (SSSR count). The van der Waals surface area contributed by atoms with E-state index >= 15 is 0 Å². The summed E-state index contributed by atoms with van der Waals surface area (Å²) in [7, 11) is 0. The van der Waals surface area contributed by atoms with Crippen molar-refractivity contribution in [1.29, 1.82) is 0 Å². The molecule has 0 N–H and O–H groups in total. The number of carbonyl (C=O) groups excluding carboxylic acids is 2. The molecule has 0 saturated carbocycles. The normalized spacial score (nSPS) is 36.2. The number of hydrogen-bond acceptors (Lipinski definition) is 7. The average molecular weight is 271 g/mol. The number of azide groups is 1. The van der Waals surface area contributed by atoms with Crippen molar-refractivity contribution in [3.63, 3.8) is 0 Å². The molecule has 0 aromatic rings. The summed E-state index contributed by atoms with van der Waals surface area (Å²) in [5, 5.41) is 3.52. The van der Waals surface area contributed by atoms with Crippen molar-refractivity contribution in [2.45, 2.75) is 44.5 Å². The van der Waals surface area contributed by atoms with Gasteiger partial charge in [0, 0.05) is 18.8 Å². The van der Waals surface area contributed by atoms with Crippen molar-refractivity contribution in [1.82, 2.24) is 0 Å². The third kappa shape index (κ3) is 2.78. The van der Waals surface area contributed by atoms with Crippen molar-refractivity contribution < 1.29 is 28.5 Å². The summed E-state index contributed by atoms with van der Waals surface area (Å²) in [5.74, 6) is -1.11. The highest BCUT2D eigenvalue weighted by molar-refractivity contribution is 5.67. The largest absolute Gasteiger partial charge is 0.458 e. The lowest BCUT2D eigenvalue weighted by molar-refractivity contribution is -0.209. The highest BCUT2D eigenvalue weighted by Crippen LogP contribution is 2.33. The minimum atomic E-state index is -0.913. The van der Waals surface area contributed by atoms with E-state index in [4.69, 9.17) is 24.5 Å². The summed E-state index contributed by atoms with van der Waals surface area (Å²) in [6.07, 6.45) is -3.10. The number of rotatable bonds is 3. The Hall–Kier alpha value is -1.83. The number of nitrogens with zero attached hydrogens (tertiary/aromatic N) is 3. The van der Waals surface area contributed by atoms with Crippen LogP contribution < -0.4 is 0 Å². The van der Waals surface area contributed by atoms with Crippen LogP contribution in [0.5, 0.6) is 0 Å². The molecule has 0 aromatic carbocycles. The number of ether oxygens (including phenoxy) is 4. The Labute approximate surface area is 108 Å². The third-order valence-electron chi connectivity index (χ3n) is 2.83. The van der Waals surface area contributed by atoms with Crippen LogP contribution in [0.1, 0.15) is 13.8 Å². The number of esters is 2. The van der Waals surface area contributed by atoms with Gasteiger partial charge in [-0.2, -0.15) is 0 Å². The van der Waals surface area contributed by atoms with E-state index in [0.717, 1.165) is 0 Å². The summed E-state index contributed by atoms with van der Waals surface area (Å²) >= 11 is 0. The van der Waals surface area contributed by atoms with Crippen LogP contribution in [0.4, 0.5) is 0 Å². The SMILES string of the molecule is CC(=O)O[C@@H]1[C@@H](N=[N+]=[N-])[C@@H]2OC[C@@H](O2)[C@H]1OC(C)=O. The Kier molecular flexibility index (Phi) is 3.89. The highest BCUT2D eigenvalue weighted by Gasteiger charge is 2.53. The first-order valence-corrected chi connectivity index (χ1v) is 5.68. The molecular formula is C10H13N3O6. The summed E-state index contributed by atoms with van der Waals surface area (Å²) in [5.41, 5.74) is 8.56. The second kappa shape index (κ2) is 5.43. The van der Waals surface area contributed by atoms with Crippen LogP contribution in [0, 0.1) is 0 Å². The Bertz CT molecular complexity index is 435. The van der Waals surface area contributed by atoms with Gasteiger partial charge in [0.1, 0.15) is 12.1 Å². The molecule has 0 aromatic heterocycles. The first-order valence-electron chi connectivity index (χ1n) is 5.68. The van der Waals surface area contributed by atoms with Crippen LogP contribution in [0.2, 0.25) is 0 Å². The molecule has 0 radical (unpaired) electrons. The van der Waals surface area contributed by atoms with Gasteiger partial charge in [-0.3, -0.25) is 9.59 Å². The third-order valence-corrected chi connectivity index (χ3v) is 2.83. The van der Waals surface area contributed by atoms with Gasteiger partial charge in [0.2, 0.25) is 0 Å². The molecule has 0 aliphatic carbocycles. The second-order valence-electron chi connectivity index (χ2n) is 4.22. The van der Waals surface area contributed by atoms with E-state index < -0.39 is 42.6 Å². The maximum Gasteiger partial charge on any atom is 0.303 e. The predicted octanol–water partition coefficient (Wildman–Crippen LogP) is 0.284. The fraction of sp³-hybridized carbons (Fsp3) is 0.800. The van der Waals surface area contributed by atoms with E-state index in [1.807, 2.05) is 0 Å². The monoisotopic (exact) mass is 271 g/mol. The predicted molar refractivity (Wildman–Crippen MR) is 58.7 cm³/mol. The van der Waals surface area contributed by atoms with E-state index in [1.54, 1.807) is 0 Å². The maximum atomic E-state index is 11.1. The van der Waals surface area contributed by atoms with E-state index in [-0.39, 0.29) is 6.61 Å². The zero-order valence-electron chi connectivity index (χ0n) is 10.4. The molecular weight excluding hydrogens is 258 g/mol. The maximum absolute atomic E-state index is 11.1. The molecule has 9 nitrogen and oxygen atoms in total. The molecule has 2 heterocycles. The molecule has 0 amide bonds. The fourth-order valence-electron chi connectivity index (χ4n) is 2.20. The second-order valence-corrected chi connectivity index (χ2v) is 4.22. The van der Waals surface area contributed by atoms with Gasteiger partial charge in [-0.05, 0) is 5.53 Å². The van der Waals surface area contributed by atoms with Crippen LogP contribution in [0.3, 0.4) is 0 Å². The Morgan fingerprint density at radius 1 is 1.26 bits per heavy atom. The van der Waals surface area contributed by atoms with Gasteiger partial charge in [0.05, 0.1) is 6.61 Å². The first kappa shape index (κ1) is 13.6. The minimum Gasteiger partial charge on any atom is -0.458 e. The number of carbonyl (C=O) groups is 2. The molecule has 2 saturated heterocycles. The number of hydrogen-bond donors (Lipinski definition) is 0. The van der Waals surface area contributed by atoms with Gasteiger partial charge in [-0.25, -0.2) is 0 Å². The van der Waals surface area contributed by atoms with E-state index in [1.165, 1.54) is 13.8 Å². The van der Waals surface area contributed by atoms with Crippen molar-refractivity contribution in [3.05, 3.63) is 10.4 Å². The molecule has 9 heteroatoms. The van der Waals surface area contributed by atoms with Crippen molar-refractivity contribution in [3.8, 4) is 0 Å². The smallest absolute Gasteiger partial charge is 0.303 e. The van der Waals surface area contributed by atoms with Gasteiger partial charge < -0.3 is 18.9 Å². The highest BCUT2D eigenvalue weighted by atomic mass is 16.7. The van der Waals surface area contributed by atoms with Crippen molar-refractivity contribution in [2.75, 3.05) is 6.61 Å². The van der Waals surface area contributed by atoms with Gasteiger partial charge in [0.15, 0.2) is 18.5 Å². The lowest BCUT2D eigenvalue weighted by Crippen LogP contribution is -2.56. The summed E-state index contributed by atoms with van der Waals surface area (Å²) < 4.78 is 20.9. The minimum absolute atomic E-state index is 0.178.